The standard InChI is InChI=1S/C14H17O2P/c1-4-13(14-10-8-7-9-11-14)12-16-17(15,5-2)6-3/h4-11,13H,1-3,12H2. The topological polar surface area (TPSA) is 26.3 Å². The molecule has 1 atom stereocenters. The largest absolute Gasteiger partial charge is 0.322 e. The van der Waals surface area contributed by atoms with E-state index in [2.05, 4.69) is 19.7 Å². The van der Waals surface area contributed by atoms with Crippen LogP contribution in [0.1, 0.15) is 11.5 Å². The molecule has 1 aromatic carbocycles. The molecule has 1 aromatic rings. The Bertz CT molecular complexity index is 425. The van der Waals surface area contributed by atoms with Gasteiger partial charge in [0.1, 0.15) is 0 Å². The summed E-state index contributed by atoms with van der Waals surface area (Å²) in [6, 6.07) is 9.83. The second kappa shape index (κ2) is 6.39. The Kier molecular flexibility index (Phi) is 5.14. The van der Waals surface area contributed by atoms with Gasteiger partial charge in [0.05, 0.1) is 6.61 Å². The minimum Gasteiger partial charge on any atom is -0.322 e. The van der Waals surface area contributed by atoms with E-state index in [1.54, 1.807) is 6.08 Å². The van der Waals surface area contributed by atoms with Crippen molar-refractivity contribution in [3.8, 4) is 0 Å². The first kappa shape index (κ1) is 13.7. The lowest BCUT2D eigenvalue weighted by atomic mass is 10.0. The maximum atomic E-state index is 11.9. The second-order valence-electron chi connectivity index (χ2n) is 3.56. The van der Waals surface area contributed by atoms with Gasteiger partial charge in [0.15, 0.2) is 0 Å². The van der Waals surface area contributed by atoms with Gasteiger partial charge in [0.25, 0.3) is 0 Å². The molecule has 1 rings (SSSR count). The molecule has 2 nitrogen and oxygen atoms in total. The molecule has 0 amide bonds. The molecule has 0 fully saturated rings. The van der Waals surface area contributed by atoms with Crippen molar-refractivity contribution >= 4 is 7.37 Å². The van der Waals surface area contributed by atoms with Crippen molar-refractivity contribution in [3.63, 3.8) is 0 Å². The summed E-state index contributed by atoms with van der Waals surface area (Å²) in [5.41, 5.74) is 1.09. The molecule has 0 aliphatic heterocycles. The smallest absolute Gasteiger partial charge is 0.246 e. The van der Waals surface area contributed by atoms with Gasteiger partial charge in [0.2, 0.25) is 7.37 Å². The third-order valence-electron chi connectivity index (χ3n) is 2.48. The number of benzene rings is 1. The van der Waals surface area contributed by atoms with Crippen LogP contribution in [0.2, 0.25) is 0 Å². The van der Waals surface area contributed by atoms with Crippen molar-refractivity contribution in [2.24, 2.45) is 0 Å². The van der Waals surface area contributed by atoms with E-state index in [4.69, 9.17) is 4.52 Å². The van der Waals surface area contributed by atoms with Crippen molar-refractivity contribution < 1.29 is 9.09 Å². The summed E-state index contributed by atoms with van der Waals surface area (Å²) < 4.78 is 17.3. The lowest BCUT2D eigenvalue weighted by Crippen LogP contribution is -2.03. The van der Waals surface area contributed by atoms with Crippen molar-refractivity contribution in [2.75, 3.05) is 6.61 Å². The molecule has 0 aromatic heterocycles. The molecule has 0 aliphatic rings. The Hall–Kier alpha value is -1.37. The lowest BCUT2D eigenvalue weighted by molar-refractivity contribution is 0.314. The molecule has 90 valence electrons. The van der Waals surface area contributed by atoms with E-state index in [1.807, 2.05) is 30.3 Å². The highest BCUT2D eigenvalue weighted by atomic mass is 31.2. The lowest BCUT2D eigenvalue weighted by Gasteiger charge is -2.16. The van der Waals surface area contributed by atoms with Gasteiger partial charge < -0.3 is 4.52 Å². The number of hydrogen-bond acceptors (Lipinski definition) is 2. The Morgan fingerprint density at radius 1 is 1.18 bits per heavy atom. The van der Waals surface area contributed by atoms with E-state index >= 15 is 0 Å². The molecule has 0 heterocycles. The van der Waals surface area contributed by atoms with E-state index < -0.39 is 7.37 Å². The molecule has 0 saturated carbocycles. The molecule has 3 heteroatoms. The third kappa shape index (κ3) is 3.85. The molecule has 0 bridgehead atoms. The van der Waals surface area contributed by atoms with Crippen LogP contribution in [-0.4, -0.2) is 6.61 Å². The van der Waals surface area contributed by atoms with Gasteiger partial charge in [-0.05, 0) is 17.2 Å². The summed E-state index contributed by atoms with van der Waals surface area (Å²) in [5, 5.41) is 0. The minimum absolute atomic E-state index is 0.0180. The van der Waals surface area contributed by atoms with Gasteiger partial charge >= 0.3 is 0 Å². The highest BCUT2D eigenvalue weighted by Gasteiger charge is 2.16. The van der Waals surface area contributed by atoms with Gasteiger partial charge in [-0.3, -0.25) is 4.57 Å². The van der Waals surface area contributed by atoms with Crippen molar-refractivity contribution in [1.82, 2.24) is 0 Å². The zero-order chi connectivity index (χ0) is 12.7. The Balaban J connectivity index is 2.73. The fourth-order valence-electron chi connectivity index (χ4n) is 1.38. The average Bonchev–Trinajstić information content (AvgIpc) is 2.40. The maximum Gasteiger partial charge on any atom is 0.246 e. The van der Waals surface area contributed by atoms with Crippen LogP contribution in [0, 0.1) is 0 Å². The van der Waals surface area contributed by atoms with Crippen molar-refractivity contribution in [3.05, 3.63) is 73.3 Å². The average molecular weight is 248 g/mol. The van der Waals surface area contributed by atoms with Crippen LogP contribution in [0.5, 0.6) is 0 Å². The molecule has 0 spiro atoms. The number of hydrogen-bond donors (Lipinski definition) is 0. The predicted octanol–water partition coefficient (Wildman–Crippen LogP) is 4.54. The first-order valence-electron chi connectivity index (χ1n) is 5.34. The van der Waals surface area contributed by atoms with Gasteiger partial charge in [-0.15, -0.1) is 6.58 Å². The van der Waals surface area contributed by atoms with Crippen LogP contribution < -0.4 is 0 Å². The van der Waals surface area contributed by atoms with E-state index in [0.717, 1.165) is 5.56 Å². The number of rotatable bonds is 7. The molecule has 0 saturated heterocycles. The molecule has 17 heavy (non-hydrogen) atoms. The van der Waals surface area contributed by atoms with Gasteiger partial charge in [0, 0.05) is 5.92 Å². The van der Waals surface area contributed by atoms with Crippen molar-refractivity contribution in [2.45, 2.75) is 5.92 Å². The summed E-state index contributed by atoms with van der Waals surface area (Å²) in [6.45, 7) is 11.1. The maximum absolute atomic E-state index is 11.9. The van der Waals surface area contributed by atoms with Gasteiger partial charge in [-0.2, -0.15) is 0 Å². The monoisotopic (exact) mass is 248 g/mol. The predicted molar refractivity (Wildman–Crippen MR) is 73.3 cm³/mol. The first-order chi connectivity index (χ1) is 8.15. The summed E-state index contributed by atoms with van der Waals surface area (Å²) in [5.74, 6) is 2.64. The molecule has 0 aliphatic carbocycles. The van der Waals surface area contributed by atoms with Crippen LogP contribution in [0.25, 0.3) is 0 Å². The van der Waals surface area contributed by atoms with Crippen LogP contribution in [-0.2, 0) is 9.09 Å². The SMILES string of the molecule is C=CC(COP(=O)(C=C)C=C)c1ccccc1. The second-order valence-corrected chi connectivity index (χ2v) is 5.84. The van der Waals surface area contributed by atoms with E-state index in [9.17, 15) is 4.57 Å². The molecular formula is C14H17O2P. The van der Waals surface area contributed by atoms with Gasteiger partial charge in [-0.1, -0.05) is 49.6 Å². The highest BCUT2D eigenvalue weighted by Crippen LogP contribution is 2.49. The minimum atomic E-state index is -2.89. The molecule has 0 radical (unpaired) electrons. The first-order valence-corrected chi connectivity index (χ1v) is 7.10. The molecule has 1 unspecified atom stereocenters. The van der Waals surface area contributed by atoms with Gasteiger partial charge in [-0.25, -0.2) is 0 Å². The Morgan fingerprint density at radius 3 is 2.24 bits per heavy atom. The zero-order valence-electron chi connectivity index (χ0n) is 9.79. The quantitative estimate of drug-likeness (QED) is 0.523. The summed E-state index contributed by atoms with van der Waals surface area (Å²) in [4.78, 5) is 0. The van der Waals surface area contributed by atoms with Crippen LogP contribution in [0.3, 0.4) is 0 Å². The fraction of sp³-hybridized carbons (Fsp3) is 0.143. The molecular weight excluding hydrogens is 231 g/mol. The molecule has 0 N–H and O–H groups in total. The van der Waals surface area contributed by atoms with Crippen LogP contribution in [0.15, 0.2) is 67.8 Å². The van der Waals surface area contributed by atoms with E-state index in [1.165, 1.54) is 11.6 Å². The zero-order valence-corrected chi connectivity index (χ0v) is 10.7. The highest BCUT2D eigenvalue weighted by molar-refractivity contribution is 7.65. The Labute approximate surface area is 103 Å². The van der Waals surface area contributed by atoms with Crippen molar-refractivity contribution in [1.29, 1.82) is 0 Å². The van der Waals surface area contributed by atoms with E-state index in [-0.39, 0.29) is 5.92 Å². The summed E-state index contributed by atoms with van der Waals surface area (Å²) in [6.07, 6.45) is 1.78. The Morgan fingerprint density at radius 2 is 1.76 bits per heavy atom. The van der Waals surface area contributed by atoms with Crippen LogP contribution >= 0.6 is 7.37 Å². The van der Waals surface area contributed by atoms with E-state index in [0.29, 0.717) is 6.61 Å². The summed E-state index contributed by atoms with van der Waals surface area (Å²) in [7, 11) is -2.89. The normalized spacial score (nSPS) is 12.7. The summed E-state index contributed by atoms with van der Waals surface area (Å²) >= 11 is 0. The third-order valence-corrected chi connectivity index (χ3v) is 4.05. The van der Waals surface area contributed by atoms with Crippen LogP contribution in [0.4, 0.5) is 0 Å². The fourth-order valence-corrected chi connectivity index (χ4v) is 2.13.